The summed E-state index contributed by atoms with van der Waals surface area (Å²) in [5.74, 6) is 2.61. The van der Waals surface area contributed by atoms with Crippen LogP contribution in [0, 0.1) is 11.3 Å². The first kappa shape index (κ1) is 19.3. The van der Waals surface area contributed by atoms with Crippen molar-refractivity contribution in [2.75, 3.05) is 0 Å². The van der Waals surface area contributed by atoms with Gasteiger partial charge in [0, 0.05) is 0 Å². The molecule has 1 aromatic carbocycles. The van der Waals surface area contributed by atoms with Gasteiger partial charge >= 0.3 is 0 Å². The monoisotopic (exact) mass is 302 g/mol. The van der Waals surface area contributed by atoms with Crippen molar-refractivity contribution in [3.05, 3.63) is 34.9 Å². The fraction of sp³-hybridized carbons (Fsp3) is 0.727. The first-order chi connectivity index (χ1) is 10.0. The van der Waals surface area contributed by atoms with Gasteiger partial charge in [0.05, 0.1) is 0 Å². The summed E-state index contributed by atoms with van der Waals surface area (Å²) >= 11 is 0. The Morgan fingerprint density at radius 3 is 1.50 bits per heavy atom. The lowest BCUT2D eigenvalue weighted by Gasteiger charge is -2.31. The van der Waals surface area contributed by atoms with E-state index in [0.717, 1.165) is 5.92 Å². The molecule has 0 bridgehead atoms. The fourth-order valence-electron chi connectivity index (χ4n) is 3.17. The first-order valence-corrected chi connectivity index (χ1v) is 9.20. The Morgan fingerprint density at radius 2 is 1.18 bits per heavy atom. The van der Waals surface area contributed by atoms with Crippen molar-refractivity contribution in [1.82, 2.24) is 0 Å². The zero-order chi connectivity index (χ0) is 17.1. The smallest absolute Gasteiger partial charge is 0.0131 e. The zero-order valence-corrected chi connectivity index (χ0v) is 16.5. The third-order valence-corrected chi connectivity index (χ3v) is 4.92. The molecule has 0 fully saturated rings. The largest absolute Gasteiger partial charge is 0.0651 e. The van der Waals surface area contributed by atoms with Crippen LogP contribution in [0.4, 0.5) is 0 Å². The van der Waals surface area contributed by atoms with E-state index in [0.29, 0.717) is 23.2 Å². The van der Waals surface area contributed by atoms with Crippen molar-refractivity contribution in [3.8, 4) is 0 Å². The molecule has 0 aromatic heterocycles. The summed E-state index contributed by atoms with van der Waals surface area (Å²) in [6.07, 6.45) is 2.52. The van der Waals surface area contributed by atoms with Gasteiger partial charge in [0.2, 0.25) is 0 Å². The predicted molar refractivity (Wildman–Crippen MR) is 101 cm³/mol. The van der Waals surface area contributed by atoms with Gasteiger partial charge in [-0.05, 0) is 52.2 Å². The number of hydrogen-bond acceptors (Lipinski definition) is 0. The molecule has 0 aliphatic rings. The lowest BCUT2D eigenvalue weighted by molar-refractivity contribution is 0.287. The Balaban J connectivity index is 3.33. The molecule has 0 spiro atoms. The quantitative estimate of drug-likeness (QED) is 0.510. The van der Waals surface area contributed by atoms with Crippen molar-refractivity contribution in [3.63, 3.8) is 0 Å². The Morgan fingerprint density at radius 1 is 0.773 bits per heavy atom. The molecule has 0 nitrogen and oxygen atoms in total. The van der Waals surface area contributed by atoms with E-state index in [1.807, 2.05) is 0 Å². The molecular weight excluding hydrogens is 264 g/mol. The molecule has 22 heavy (non-hydrogen) atoms. The van der Waals surface area contributed by atoms with Crippen molar-refractivity contribution in [1.29, 1.82) is 0 Å². The lowest BCUT2D eigenvalue weighted by atomic mass is 9.74. The lowest BCUT2D eigenvalue weighted by Crippen LogP contribution is -2.18. The van der Waals surface area contributed by atoms with Gasteiger partial charge in [0.15, 0.2) is 0 Å². The normalized spacial score (nSPS) is 15.4. The third kappa shape index (κ3) is 5.45. The van der Waals surface area contributed by atoms with E-state index in [4.69, 9.17) is 0 Å². The van der Waals surface area contributed by atoms with Crippen molar-refractivity contribution < 1.29 is 0 Å². The van der Waals surface area contributed by atoms with Gasteiger partial charge in [-0.3, -0.25) is 0 Å². The van der Waals surface area contributed by atoms with Crippen LogP contribution in [-0.2, 0) is 0 Å². The maximum atomic E-state index is 2.49. The summed E-state index contributed by atoms with van der Waals surface area (Å²) in [5, 5.41) is 0. The molecule has 0 aliphatic carbocycles. The molecule has 0 N–H and O–H groups in total. The average Bonchev–Trinajstić information content (AvgIpc) is 2.42. The van der Waals surface area contributed by atoms with Gasteiger partial charge < -0.3 is 0 Å². The van der Waals surface area contributed by atoms with Crippen LogP contribution in [0.1, 0.15) is 110 Å². The second kappa shape index (κ2) is 7.66. The molecule has 0 saturated carbocycles. The minimum atomic E-state index is 0.375. The standard InChI is InChI=1S/C22H38/c1-10-17(6)21(14-22(7,8)9)20-12-18(15(2)3)11-19(13-20)16(4)5/h11-13,15-17,21H,10,14H2,1-9H3. The van der Waals surface area contributed by atoms with Gasteiger partial charge in [-0.1, -0.05) is 86.9 Å². The van der Waals surface area contributed by atoms with Crippen LogP contribution in [0.5, 0.6) is 0 Å². The van der Waals surface area contributed by atoms with Crippen molar-refractivity contribution in [2.45, 2.75) is 92.9 Å². The number of rotatable bonds is 6. The fourth-order valence-corrected chi connectivity index (χ4v) is 3.17. The molecule has 0 heterocycles. The summed E-state index contributed by atoms with van der Waals surface area (Å²) in [6.45, 7) is 21.1. The summed E-state index contributed by atoms with van der Waals surface area (Å²) in [5.41, 5.74) is 4.95. The van der Waals surface area contributed by atoms with E-state index in [9.17, 15) is 0 Å². The van der Waals surface area contributed by atoms with Crippen LogP contribution in [0.3, 0.4) is 0 Å². The SMILES string of the molecule is CCC(C)C(CC(C)(C)C)c1cc(C(C)C)cc(C(C)C)c1. The Labute approximate surface area is 139 Å². The minimum Gasteiger partial charge on any atom is -0.0651 e. The summed E-state index contributed by atoms with van der Waals surface area (Å²) in [4.78, 5) is 0. The van der Waals surface area contributed by atoms with Crippen LogP contribution < -0.4 is 0 Å². The van der Waals surface area contributed by atoms with E-state index in [1.165, 1.54) is 24.0 Å². The van der Waals surface area contributed by atoms with Gasteiger partial charge in [-0.2, -0.15) is 0 Å². The van der Waals surface area contributed by atoms with Crippen LogP contribution in [-0.4, -0.2) is 0 Å². The molecular formula is C22H38. The van der Waals surface area contributed by atoms with Crippen LogP contribution >= 0.6 is 0 Å². The van der Waals surface area contributed by atoms with E-state index >= 15 is 0 Å². The molecule has 2 unspecified atom stereocenters. The highest BCUT2D eigenvalue weighted by Crippen LogP contribution is 2.39. The zero-order valence-electron chi connectivity index (χ0n) is 16.5. The van der Waals surface area contributed by atoms with E-state index in [1.54, 1.807) is 5.56 Å². The molecule has 0 saturated heterocycles. The van der Waals surface area contributed by atoms with Crippen LogP contribution in [0.2, 0.25) is 0 Å². The Bertz CT molecular complexity index is 433. The van der Waals surface area contributed by atoms with E-state index < -0.39 is 0 Å². The van der Waals surface area contributed by atoms with E-state index in [-0.39, 0.29) is 0 Å². The highest BCUT2D eigenvalue weighted by molar-refractivity contribution is 5.36. The summed E-state index contributed by atoms with van der Waals surface area (Å²) < 4.78 is 0. The molecule has 126 valence electrons. The highest BCUT2D eigenvalue weighted by Gasteiger charge is 2.25. The second-order valence-electron chi connectivity index (χ2n) is 9.00. The average molecular weight is 303 g/mol. The molecule has 2 atom stereocenters. The first-order valence-electron chi connectivity index (χ1n) is 9.20. The maximum absolute atomic E-state index is 2.49. The number of hydrogen-bond donors (Lipinski definition) is 0. The van der Waals surface area contributed by atoms with Crippen LogP contribution in [0.25, 0.3) is 0 Å². The number of benzene rings is 1. The highest BCUT2D eigenvalue weighted by atomic mass is 14.3. The third-order valence-electron chi connectivity index (χ3n) is 4.92. The summed E-state index contributed by atoms with van der Waals surface area (Å²) in [6, 6.07) is 7.39. The summed E-state index contributed by atoms with van der Waals surface area (Å²) in [7, 11) is 0. The minimum absolute atomic E-state index is 0.375. The Kier molecular flexibility index (Phi) is 6.71. The predicted octanol–water partition coefficient (Wildman–Crippen LogP) is 7.50. The molecule has 1 rings (SSSR count). The van der Waals surface area contributed by atoms with Gasteiger partial charge in [0.1, 0.15) is 0 Å². The van der Waals surface area contributed by atoms with Crippen molar-refractivity contribution >= 4 is 0 Å². The van der Waals surface area contributed by atoms with E-state index in [2.05, 4.69) is 80.5 Å². The second-order valence-corrected chi connectivity index (χ2v) is 9.00. The molecule has 1 aromatic rings. The molecule has 0 radical (unpaired) electrons. The van der Waals surface area contributed by atoms with Crippen molar-refractivity contribution in [2.24, 2.45) is 11.3 Å². The molecule has 0 amide bonds. The van der Waals surface area contributed by atoms with Gasteiger partial charge in [0.25, 0.3) is 0 Å². The Hall–Kier alpha value is -0.780. The van der Waals surface area contributed by atoms with Gasteiger partial charge in [-0.25, -0.2) is 0 Å². The maximum Gasteiger partial charge on any atom is -0.0131 e. The molecule has 0 heteroatoms. The topological polar surface area (TPSA) is 0 Å². The van der Waals surface area contributed by atoms with Crippen LogP contribution in [0.15, 0.2) is 18.2 Å². The molecule has 0 aliphatic heterocycles. The van der Waals surface area contributed by atoms with Gasteiger partial charge in [-0.15, -0.1) is 0 Å².